The molecule has 266 valence electrons. The molecule has 0 aliphatic heterocycles. The third kappa shape index (κ3) is 5.10. The van der Waals surface area contributed by atoms with Gasteiger partial charge in [0.15, 0.2) is 5.82 Å². The maximum absolute atomic E-state index is 6.45. The van der Waals surface area contributed by atoms with Crippen molar-refractivity contribution in [3.63, 3.8) is 0 Å². The van der Waals surface area contributed by atoms with Gasteiger partial charge in [0.25, 0.3) is 0 Å². The Morgan fingerprint density at radius 1 is 0.316 bits per heavy atom. The Morgan fingerprint density at radius 3 is 1.46 bits per heavy atom. The lowest BCUT2D eigenvalue weighted by molar-refractivity contribution is 0.656. The van der Waals surface area contributed by atoms with Crippen molar-refractivity contribution >= 4 is 65.7 Å². The van der Waals surface area contributed by atoms with Gasteiger partial charge in [-0.05, 0) is 83.9 Å². The summed E-state index contributed by atoms with van der Waals surface area (Å²) in [6.45, 7) is 0. The van der Waals surface area contributed by atoms with Gasteiger partial charge in [0, 0.05) is 60.8 Å². The van der Waals surface area contributed by atoms with Crippen molar-refractivity contribution in [3.05, 3.63) is 188 Å². The summed E-state index contributed by atoms with van der Waals surface area (Å²) in [5, 5.41) is 6.59. The van der Waals surface area contributed by atoms with Crippen LogP contribution in [0.15, 0.2) is 197 Å². The molecule has 0 bridgehead atoms. The number of hydrogen-bond acceptors (Lipinski definition) is 4. The minimum atomic E-state index is 0.662. The lowest BCUT2D eigenvalue weighted by Gasteiger charge is -2.09. The van der Waals surface area contributed by atoms with Crippen molar-refractivity contribution in [1.29, 1.82) is 0 Å². The number of hydrogen-bond donors (Lipinski definition) is 0. The topological polar surface area (TPSA) is 57.0 Å². The van der Waals surface area contributed by atoms with Crippen LogP contribution in [0.2, 0.25) is 0 Å². The normalized spacial score (nSPS) is 11.9. The van der Waals surface area contributed by atoms with Crippen molar-refractivity contribution in [3.8, 4) is 50.7 Å². The summed E-state index contributed by atoms with van der Waals surface area (Å²) in [6.07, 6.45) is 0. The van der Waals surface area contributed by atoms with Crippen LogP contribution in [0.25, 0.3) is 116 Å². The SMILES string of the molecule is c1ccc(-c2cc(-c3ccccc3)nc(-c3ccc4oc5cc6oc7ccc(-c8ccc9c(c8)c8ccccc8n9-c8ccccc8)cc7c6cc5c4c3)n2)cc1. The van der Waals surface area contributed by atoms with Crippen LogP contribution < -0.4 is 0 Å². The second kappa shape index (κ2) is 12.4. The fraction of sp³-hybridized carbons (Fsp3) is 0. The number of fused-ring (bicyclic) bond motifs is 9. The molecule has 0 saturated heterocycles. The van der Waals surface area contributed by atoms with Crippen molar-refractivity contribution in [2.24, 2.45) is 0 Å². The van der Waals surface area contributed by atoms with Gasteiger partial charge in [-0.3, -0.25) is 0 Å². The molecular weight excluding hydrogens is 699 g/mol. The van der Waals surface area contributed by atoms with Crippen LogP contribution in [0.3, 0.4) is 0 Å². The van der Waals surface area contributed by atoms with Crippen molar-refractivity contribution in [1.82, 2.24) is 14.5 Å². The Morgan fingerprint density at radius 2 is 0.807 bits per heavy atom. The average Bonchev–Trinajstić information content (AvgIpc) is 3.94. The van der Waals surface area contributed by atoms with E-state index in [1.807, 2.05) is 54.6 Å². The fourth-order valence-corrected chi connectivity index (χ4v) is 8.46. The summed E-state index contributed by atoms with van der Waals surface area (Å²) in [5.41, 5.74) is 13.8. The Bertz CT molecular complexity index is 3450. The molecular formula is C52H31N3O2. The van der Waals surface area contributed by atoms with Gasteiger partial charge in [-0.1, -0.05) is 109 Å². The number of aromatic nitrogens is 3. The first kappa shape index (κ1) is 31.6. The number of para-hydroxylation sites is 2. The molecule has 0 spiro atoms. The molecule has 0 atom stereocenters. The molecule has 5 heteroatoms. The zero-order chi connectivity index (χ0) is 37.5. The molecule has 0 aliphatic rings. The van der Waals surface area contributed by atoms with Crippen molar-refractivity contribution < 1.29 is 8.83 Å². The molecule has 0 saturated carbocycles. The maximum atomic E-state index is 6.45. The summed E-state index contributed by atoms with van der Waals surface area (Å²) in [7, 11) is 0. The third-order valence-electron chi connectivity index (χ3n) is 11.2. The molecule has 8 aromatic carbocycles. The molecule has 0 aliphatic carbocycles. The van der Waals surface area contributed by atoms with Crippen molar-refractivity contribution in [2.75, 3.05) is 0 Å². The lowest BCUT2D eigenvalue weighted by Crippen LogP contribution is -1.95. The van der Waals surface area contributed by atoms with Crippen LogP contribution >= 0.6 is 0 Å². The molecule has 12 aromatic rings. The molecule has 5 nitrogen and oxygen atoms in total. The standard InChI is InChI=1S/C52H31N3O2/c1-4-12-32(13-5-1)44-30-45(33-14-6-2-7-15-33)54-52(53-44)36-22-25-49-41(28-36)43-29-42-40-27-35(21-24-48(40)56-50(42)31-51(43)57-49)34-20-23-47-39(26-34)38-18-10-11-19-46(38)55(47)37-16-8-3-9-17-37/h1-31H. The maximum Gasteiger partial charge on any atom is 0.160 e. The smallest absolute Gasteiger partial charge is 0.160 e. The van der Waals surface area contributed by atoms with E-state index in [-0.39, 0.29) is 0 Å². The van der Waals surface area contributed by atoms with E-state index in [9.17, 15) is 0 Å². The molecule has 0 N–H and O–H groups in total. The summed E-state index contributed by atoms with van der Waals surface area (Å²) in [4.78, 5) is 10.2. The van der Waals surface area contributed by atoms with Gasteiger partial charge in [0.2, 0.25) is 0 Å². The fourth-order valence-electron chi connectivity index (χ4n) is 8.46. The van der Waals surface area contributed by atoms with Crippen LogP contribution in [0.5, 0.6) is 0 Å². The zero-order valence-corrected chi connectivity index (χ0v) is 30.6. The first-order valence-electron chi connectivity index (χ1n) is 19.1. The largest absolute Gasteiger partial charge is 0.456 e. The highest BCUT2D eigenvalue weighted by atomic mass is 16.3. The second-order valence-electron chi connectivity index (χ2n) is 14.6. The Kier molecular flexibility index (Phi) is 6.86. The van der Waals surface area contributed by atoms with E-state index < -0.39 is 0 Å². The second-order valence-corrected chi connectivity index (χ2v) is 14.6. The monoisotopic (exact) mass is 729 g/mol. The van der Waals surface area contributed by atoms with Gasteiger partial charge >= 0.3 is 0 Å². The van der Waals surface area contributed by atoms with E-state index in [4.69, 9.17) is 18.8 Å². The average molecular weight is 730 g/mol. The highest BCUT2D eigenvalue weighted by Crippen LogP contribution is 2.41. The molecule has 4 heterocycles. The molecule has 57 heavy (non-hydrogen) atoms. The molecule has 0 radical (unpaired) electrons. The van der Waals surface area contributed by atoms with Crippen LogP contribution in [0.4, 0.5) is 0 Å². The Hall–Kier alpha value is -7.76. The number of benzene rings is 8. The third-order valence-corrected chi connectivity index (χ3v) is 11.2. The predicted octanol–water partition coefficient (Wildman–Crippen LogP) is 14.0. The first-order valence-corrected chi connectivity index (χ1v) is 19.1. The van der Waals surface area contributed by atoms with Gasteiger partial charge in [0.1, 0.15) is 22.3 Å². The zero-order valence-electron chi connectivity index (χ0n) is 30.6. The van der Waals surface area contributed by atoms with Gasteiger partial charge in [0.05, 0.1) is 22.4 Å². The number of nitrogens with zero attached hydrogens (tertiary/aromatic N) is 3. The minimum absolute atomic E-state index is 0.662. The van der Waals surface area contributed by atoms with Crippen LogP contribution in [-0.4, -0.2) is 14.5 Å². The quantitative estimate of drug-likeness (QED) is 0.177. The highest BCUT2D eigenvalue weighted by Gasteiger charge is 2.18. The minimum Gasteiger partial charge on any atom is -0.456 e. The van der Waals surface area contributed by atoms with Crippen LogP contribution in [0, 0.1) is 0 Å². The number of furan rings is 2. The number of rotatable bonds is 5. The van der Waals surface area contributed by atoms with Gasteiger partial charge in [-0.15, -0.1) is 0 Å². The lowest BCUT2D eigenvalue weighted by atomic mass is 10.00. The van der Waals surface area contributed by atoms with Gasteiger partial charge < -0.3 is 13.4 Å². The van der Waals surface area contributed by atoms with E-state index in [1.54, 1.807) is 0 Å². The summed E-state index contributed by atoms with van der Waals surface area (Å²) < 4.78 is 15.2. The molecule has 0 unspecified atom stereocenters. The van der Waals surface area contributed by atoms with E-state index in [0.717, 1.165) is 88.8 Å². The molecule has 0 fully saturated rings. The summed E-state index contributed by atoms with van der Waals surface area (Å²) in [5.74, 6) is 0.662. The van der Waals surface area contributed by atoms with Crippen LogP contribution in [-0.2, 0) is 0 Å². The van der Waals surface area contributed by atoms with E-state index in [1.165, 1.54) is 21.8 Å². The van der Waals surface area contributed by atoms with E-state index in [0.29, 0.717) is 5.82 Å². The highest BCUT2D eigenvalue weighted by molar-refractivity contribution is 6.16. The summed E-state index contributed by atoms with van der Waals surface area (Å²) >= 11 is 0. The van der Waals surface area contributed by atoms with Crippen molar-refractivity contribution in [2.45, 2.75) is 0 Å². The van der Waals surface area contributed by atoms with E-state index in [2.05, 4.69) is 138 Å². The first-order chi connectivity index (χ1) is 28.2. The molecule has 12 rings (SSSR count). The van der Waals surface area contributed by atoms with Crippen LogP contribution in [0.1, 0.15) is 0 Å². The molecule has 4 aromatic heterocycles. The summed E-state index contributed by atoms with van der Waals surface area (Å²) in [6, 6.07) is 65.6. The Balaban J connectivity index is 0.993. The van der Waals surface area contributed by atoms with Gasteiger partial charge in [-0.25, -0.2) is 9.97 Å². The molecule has 0 amide bonds. The Labute approximate surface area is 326 Å². The van der Waals surface area contributed by atoms with E-state index >= 15 is 0 Å². The predicted molar refractivity (Wildman–Crippen MR) is 233 cm³/mol. The van der Waals surface area contributed by atoms with Gasteiger partial charge in [-0.2, -0.15) is 0 Å².